The Hall–Kier alpha value is -0.280. The van der Waals surface area contributed by atoms with Gasteiger partial charge >= 0.3 is 0 Å². The molecule has 1 aliphatic rings. The minimum absolute atomic E-state index is 0. The largest absolute Gasteiger partial charge is 0.339 e. The topological polar surface area (TPSA) is 46.3 Å². The first-order valence-corrected chi connectivity index (χ1v) is 7.75. The van der Waals surface area contributed by atoms with Crippen LogP contribution in [0.15, 0.2) is 0 Å². The number of likely N-dealkylation sites (tertiary alicyclic amines) is 1. The van der Waals surface area contributed by atoms with Crippen LogP contribution in [0.4, 0.5) is 0 Å². The van der Waals surface area contributed by atoms with E-state index in [1.165, 1.54) is 19.3 Å². The van der Waals surface area contributed by atoms with Crippen LogP contribution in [0.5, 0.6) is 0 Å². The van der Waals surface area contributed by atoms with Gasteiger partial charge in [0.25, 0.3) is 0 Å². The second-order valence-electron chi connectivity index (χ2n) is 5.51. The third kappa shape index (κ3) is 5.70. The smallest absolute Gasteiger partial charge is 0.225 e. The van der Waals surface area contributed by atoms with E-state index in [1.54, 1.807) is 0 Å². The SMILES string of the molecule is CCCCC(CC)C(=O)N1CCCCC1CCN.Cl. The monoisotopic (exact) mass is 290 g/mol. The molecule has 19 heavy (non-hydrogen) atoms. The second-order valence-corrected chi connectivity index (χ2v) is 5.51. The zero-order chi connectivity index (χ0) is 13.4. The van der Waals surface area contributed by atoms with E-state index in [9.17, 15) is 4.79 Å². The van der Waals surface area contributed by atoms with Crippen LogP contribution in [-0.4, -0.2) is 29.9 Å². The first-order chi connectivity index (χ1) is 8.74. The Bertz CT molecular complexity index is 246. The Balaban J connectivity index is 0.00000324. The fourth-order valence-corrected chi connectivity index (χ4v) is 2.97. The van der Waals surface area contributed by atoms with Crippen molar-refractivity contribution in [2.24, 2.45) is 11.7 Å². The van der Waals surface area contributed by atoms with Gasteiger partial charge < -0.3 is 10.6 Å². The molecule has 0 aromatic heterocycles. The summed E-state index contributed by atoms with van der Waals surface area (Å²) in [5.74, 6) is 0.632. The van der Waals surface area contributed by atoms with Crippen LogP contribution in [0.2, 0.25) is 0 Å². The molecule has 3 nitrogen and oxygen atoms in total. The molecule has 0 aromatic carbocycles. The number of hydrogen-bond acceptors (Lipinski definition) is 2. The predicted molar refractivity (Wildman–Crippen MR) is 83.6 cm³/mol. The van der Waals surface area contributed by atoms with Crippen molar-refractivity contribution in [1.82, 2.24) is 4.90 Å². The Morgan fingerprint density at radius 3 is 2.68 bits per heavy atom. The average molecular weight is 291 g/mol. The van der Waals surface area contributed by atoms with Gasteiger partial charge in [0.15, 0.2) is 0 Å². The molecule has 1 amide bonds. The maximum absolute atomic E-state index is 12.6. The minimum atomic E-state index is 0. The van der Waals surface area contributed by atoms with Crippen LogP contribution in [0.25, 0.3) is 0 Å². The summed E-state index contributed by atoms with van der Waals surface area (Å²) in [6.07, 6.45) is 8.90. The van der Waals surface area contributed by atoms with Gasteiger partial charge in [-0.1, -0.05) is 26.7 Å². The van der Waals surface area contributed by atoms with Gasteiger partial charge in [-0.2, -0.15) is 0 Å². The molecule has 1 fully saturated rings. The van der Waals surface area contributed by atoms with Crippen molar-refractivity contribution < 1.29 is 4.79 Å². The number of piperidine rings is 1. The van der Waals surface area contributed by atoms with Gasteiger partial charge in [-0.05, 0) is 45.1 Å². The van der Waals surface area contributed by atoms with Crippen LogP contribution in [0.3, 0.4) is 0 Å². The van der Waals surface area contributed by atoms with Crippen molar-refractivity contribution in [3.05, 3.63) is 0 Å². The number of halogens is 1. The Kier molecular flexibility index (Phi) is 10.3. The molecule has 2 atom stereocenters. The van der Waals surface area contributed by atoms with Gasteiger partial charge in [-0.25, -0.2) is 0 Å². The highest BCUT2D eigenvalue weighted by Crippen LogP contribution is 2.24. The zero-order valence-electron chi connectivity index (χ0n) is 12.6. The van der Waals surface area contributed by atoms with Gasteiger partial charge in [-0.3, -0.25) is 4.79 Å². The molecule has 2 unspecified atom stereocenters. The molecule has 0 saturated carbocycles. The number of carbonyl (C=O) groups is 1. The van der Waals surface area contributed by atoms with Crippen LogP contribution >= 0.6 is 12.4 Å². The summed E-state index contributed by atoms with van der Waals surface area (Å²) < 4.78 is 0. The minimum Gasteiger partial charge on any atom is -0.339 e. The Morgan fingerprint density at radius 2 is 2.11 bits per heavy atom. The quantitative estimate of drug-likeness (QED) is 0.781. The molecule has 2 N–H and O–H groups in total. The maximum atomic E-state index is 12.6. The van der Waals surface area contributed by atoms with Crippen molar-refractivity contribution in [2.75, 3.05) is 13.1 Å². The number of amides is 1. The van der Waals surface area contributed by atoms with E-state index in [0.29, 0.717) is 18.5 Å². The fraction of sp³-hybridized carbons (Fsp3) is 0.933. The highest BCUT2D eigenvalue weighted by Gasteiger charge is 2.29. The van der Waals surface area contributed by atoms with Crippen LogP contribution in [0.1, 0.15) is 65.2 Å². The van der Waals surface area contributed by atoms with E-state index in [2.05, 4.69) is 18.7 Å². The van der Waals surface area contributed by atoms with Crippen LogP contribution in [0, 0.1) is 5.92 Å². The molecule has 0 aromatic rings. The second kappa shape index (κ2) is 10.5. The van der Waals surface area contributed by atoms with Gasteiger partial charge in [0.1, 0.15) is 0 Å². The summed E-state index contributed by atoms with van der Waals surface area (Å²) in [7, 11) is 0. The number of nitrogens with two attached hydrogens (primary N) is 1. The lowest BCUT2D eigenvalue weighted by Crippen LogP contribution is -2.47. The molecular formula is C15H31ClN2O. The number of nitrogens with zero attached hydrogens (tertiary/aromatic N) is 1. The van der Waals surface area contributed by atoms with Crippen LogP contribution < -0.4 is 5.73 Å². The molecule has 0 bridgehead atoms. The molecule has 0 spiro atoms. The lowest BCUT2D eigenvalue weighted by molar-refractivity contribution is -0.139. The maximum Gasteiger partial charge on any atom is 0.225 e. The van der Waals surface area contributed by atoms with E-state index in [0.717, 1.165) is 38.6 Å². The zero-order valence-corrected chi connectivity index (χ0v) is 13.4. The summed E-state index contributed by atoms with van der Waals surface area (Å²) >= 11 is 0. The fourth-order valence-electron chi connectivity index (χ4n) is 2.97. The molecule has 1 aliphatic heterocycles. The summed E-state index contributed by atoms with van der Waals surface area (Å²) in [6.45, 7) is 5.97. The molecule has 1 saturated heterocycles. The molecule has 1 rings (SSSR count). The highest BCUT2D eigenvalue weighted by atomic mass is 35.5. The van der Waals surface area contributed by atoms with E-state index in [1.807, 2.05) is 0 Å². The standard InChI is InChI=1S/C15H30N2O.ClH/c1-3-5-8-13(4-2)15(18)17-12-7-6-9-14(17)10-11-16;/h13-14H,3-12,16H2,1-2H3;1H. The lowest BCUT2D eigenvalue weighted by atomic mass is 9.93. The summed E-state index contributed by atoms with van der Waals surface area (Å²) in [5.41, 5.74) is 5.67. The van der Waals surface area contributed by atoms with Gasteiger partial charge in [-0.15, -0.1) is 12.4 Å². The third-order valence-corrected chi connectivity index (χ3v) is 4.16. The van der Waals surface area contributed by atoms with Crippen molar-refractivity contribution in [3.8, 4) is 0 Å². The van der Waals surface area contributed by atoms with E-state index in [-0.39, 0.29) is 18.3 Å². The van der Waals surface area contributed by atoms with Crippen molar-refractivity contribution in [1.29, 1.82) is 0 Å². The highest BCUT2D eigenvalue weighted by molar-refractivity contribution is 5.85. The lowest BCUT2D eigenvalue weighted by Gasteiger charge is -2.38. The predicted octanol–water partition coefficient (Wildman–Crippen LogP) is 3.35. The van der Waals surface area contributed by atoms with E-state index < -0.39 is 0 Å². The first-order valence-electron chi connectivity index (χ1n) is 7.75. The average Bonchev–Trinajstić information content (AvgIpc) is 2.40. The number of unbranched alkanes of at least 4 members (excludes halogenated alkanes) is 1. The van der Waals surface area contributed by atoms with Gasteiger partial charge in [0.05, 0.1) is 0 Å². The van der Waals surface area contributed by atoms with Gasteiger partial charge in [0.2, 0.25) is 5.91 Å². The molecule has 0 radical (unpaired) electrons. The summed E-state index contributed by atoms with van der Waals surface area (Å²) in [6, 6.07) is 0.409. The molecule has 114 valence electrons. The van der Waals surface area contributed by atoms with E-state index in [4.69, 9.17) is 5.73 Å². The first kappa shape index (κ1) is 18.7. The number of rotatable bonds is 7. The summed E-state index contributed by atoms with van der Waals surface area (Å²) in [4.78, 5) is 14.7. The Labute approximate surface area is 124 Å². The third-order valence-electron chi connectivity index (χ3n) is 4.16. The van der Waals surface area contributed by atoms with Crippen LogP contribution in [-0.2, 0) is 4.79 Å². The molecular weight excluding hydrogens is 260 g/mol. The molecule has 0 aliphatic carbocycles. The normalized spacial score (nSPS) is 20.8. The van der Waals surface area contributed by atoms with Crippen molar-refractivity contribution >= 4 is 18.3 Å². The van der Waals surface area contributed by atoms with Crippen molar-refractivity contribution in [3.63, 3.8) is 0 Å². The number of hydrogen-bond donors (Lipinski definition) is 1. The summed E-state index contributed by atoms with van der Waals surface area (Å²) in [5, 5.41) is 0. The molecule has 4 heteroatoms. The Morgan fingerprint density at radius 1 is 1.37 bits per heavy atom. The van der Waals surface area contributed by atoms with Gasteiger partial charge in [0, 0.05) is 18.5 Å². The van der Waals surface area contributed by atoms with E-state index >= 15 is 0 Å². The number of carbonyl (C=O) groups excluding carboxylic acids is 1. The molecule has 1 heterocycles. The van der Waals surface area contributed by atoms with Crippen molar-refractivity contribution in [2.45, 2.75) is 71.3 Å².